The lowest BCUT2D eigenvalue weighted by molar-refractivity contribution is -0.136. The van der Waals surface area contributed by atoms with Crippen LogP contribution < -0.4 is 5.32 Å². The summed E-state index contributed by atoms with van der Waals surface area (Å²) in [6.07, 6.45) is 1.68. The van der Waals surface area contributed by atoms with Crippen LogP contribution in [0.2, 0.25) is 0 Å². The summed E-state index contributed by atoms with van der Waals surface area (Å²) in [6.45, 7) is 4.91. The van der Waals surface area contributed by atoms with Gasteiger partial charge in [-0.2, -0.15) is 0 Å². The number of nitrogens with one attached hydrogen (secondary N) is 1. The molecule has 1 fully saturated rings. The summed E-state index contributed by atoms with van der Waals surface area (Å²) in [5.74, 6) is 0.228. The molecule has 2 atom stereocenters. The minimum absolute atomic E-state index is 0.0150. The number of carbonyl (C=O) groups excluding carboxylic acids is 2. The van der Waals surface area contributed by atoms with Gasteiger partial charge in [-0.1, -0.05) is 37.3 Å². The molecule has 4 nitrogen and oxygen atoms in total. The predicted molar refractivity (Wildman–Crippen MR) is 78.3 cm³/mol. The highest BCUT2D eigenvalue weighted by Crippen LogP contribution is 2.18. The van der Waals surface area contributed by atoms with Gasteiger partial charge < -0.3 is 10.2 Å². The van der Waals surface area contributed by atoms with Crippen LogP contribution >= 0.6 is 0 Å². The van der Waals surface area contributed by atoms with E-state index in [0.717, 1.165) is 12.8 Å². The van der Waals surface area contributed by atoms with Crippen LogP contribution in [0.1, 0.15) is 38.2 Å². The van der Waals surface area contributed by atoms with E-state index in [4.69, 9.17) is 0 Å². The highest BCUT2D eigenvalue weighted by Gasteiger charge is 2.32. The van der Waals surface area contributed by atoms with E-state index in [9.17, 15) is 9.59 Å². The molecule has 1 aromatic carbocycles. The maximum absolute atomic E-state index is 12.2. The largest absolute Gasteiger partial charge is 0.354 e. The van der Waals surface area contributed by atoms with E-state index in [1.807, 2.05) is 18.2 Å². The third kappa shape index (κ3) is 3.38. The lowest BCUT2D eigenvalue weighted by Crippen LogP contribution is -2.45. The smallest absolute Gasteiger partial charge is 0.242 e. The van der Waals surface area contributed by atoms with Crippen molar-refractivity contribution < 1.29 is 9.59 Å². The van der Waals surface area contributed by atoms with Gasteiger partial charge in [-0.3, -0.25) is 9.59 Å². The lowest BCUT2D eigenvalue weighted by atomic mass is 10.0. The Balaban J connectivity index is 1.87. The van der Waals surface area contributed by atoms with Crippen LogP contribution in [0.5, 0.6) is 0 Å². The number of hydrogen-bond acceptors (Lipinski definition) is 2. The van der Waals surface area contributed by atoms with Gasteiger partial charge in [-0.15, -0.1) is 0 Å². The van der Waals surface area contributed by atoms with Crippen molar-refractivity contribution in [3.8, 4) is 0 Å². The summed E-state index contributed by atoms with van der Waals surface area (Å²) in [5.41, 5.74) is 1.21. The zero-order chi connectivity index (χ0) is 14.5. The maximum atomic E-state index is 12.2. The molecule has 1 aliphatic heterocycles. The van der Waals surface area contributed by atoms with Crippen molar-refractivity contribution in [2.24, 2.45) is 0 Å². The average Bonchev–Trinajstić information content (AvgIpc) is 2.95. The molecule has 20 heavy (non-hydrogen) atoms. The van der Waals surface area contributed by atoms with Crippen LogP contribution in [0.25, 0.3) is 0 Å². The molecular weight excluding hydrogens is 252 g/mol. The van der Waals surface area contributed by atoms with Gasteiger partial charge in [-0.05, 0) is 24.3 Å². The second-order valence-electron chi connectivity index (χ2n) is 5.43. The summed E-state index contributed by atoms with van der Waals surface area (Å²) in [4.78, 5) is 25.3. The number of likely N-dealkylation sites (tertiary alicyclic amines) is 1. The molecule has 0 bridgehead atoms. The lowest BCUT2D eigenvalue weighted by Gasteiger charge is -2.23. The molecule has 2 amide bonds. The van der Waals surface area contributed by atoms with Crippen molar-refractivity contribution in [3.05, 3.63) is 35.9 Å². The van der Waals surface area contributed by atoms with Gasteiger partial charge in [-0.25, -0.2) is 0 Å². The first-order chi connectivity index (χ1) is 9.59. The SMILES string of the molecule is CC(=O)N1CCCC1C(=O)NCC(C)c1ccccc1. The van der Waals surface area contributed by atoms with Gasteiger partial charge in [0.1, 0.15) is 6.04 Å². The van der Waals surface area contributed by atoms with E-state index in [-0.39, 0.29) is 23.8 Å². The van der Waals surface area contributed by atoms with Crippen LogP contribution in [-0.2, 0) is 9.59 Å². The number of amides is 2. The molecule has 1 heterocycles. The van der Waals surface area contributed by atoms with Gasteiger partial charge in [0.25, 0.3) is 0 Å². The molecule has 4 heteroatoms. The normalized spacial score (nSPS) is 19.7. The fraction of sp³-hybridized carbons (Fsp3) is 0.500. The summed E-state index contributed by atoms with van der Waals surface area (Å²) in [5, 5.41) is 2.97. The summed E-state index contributed by atoms with van der Waals surface area (Å²) < 4.78 is 0. The van der Waals surface area contributed by atoms with Crippen molar-refractivity contribution in [1.29, 1.82) is 0 Å². The first-order valence-corrected chi connectivity index (χ1v) is 7.19. The number of carbonyl (C=O) groups is 2. The van der Waals surface area contributed by atoms with Gasteiger partial charge in [0.2, 0.25) is 11.8 Å². The topological polar surface area (TPSA) is 49.4 Å². The Morgan fingerprint density at radius 3 is 2.70 bits per heavy atom. The summed E-state index contributed by atoms with van der Waals surface area (Å²) in [7, 11) is 0. The third-order valence-corrected chi connectivity index (χ3v) is 3.91. The number of benzene rings is 1. The molecule has 2 rings (SSSR count). The third-order valence-electron chi connectivity index (χ3n) is 3.91. The first-order valence-electron chi connectivity index (χ1n) is 7.19. The molecule has 108 valence electrons. The van der Waals surface area contributed by atoms with Crippen molar-refractivity contribution in [2.45, 2.75) is 38.6 Å². The minimum Gasteiger partial charge on any atom is -0.354 e. The van der Waals surface area contributed by atoms with Crippen LogP contribution in [-0.4, -0.2) is 35.8 Å². The fourth-order valence-corrected chi connectivity index (χ4v) is 2.69. The number of nitrogens with zero attached hydrogens (tertiary/aromatic N) is 1. The molecular formula is C16H22N2O2. The van der Waals surface area contributed by atoms with Crippen LogP contribution in [0.4, 0.5) is 0 Å². The quantitative estimate of drug-likeness (QED) is 0.912. The molecule has 1 aliphatic rings. The molecule has 0 radical (unpaired) electrons. The van der Waals surface area contributed by atoms with Gasteiger partial charge in [0, 0.05) is 20.0 Å². The Bertz CT molecular complexity index is 473. The Hall–Kier alpha value is -1.84. The standard InChI is InChI=1S/C16H22N2O2/c1-12(14-7-4-3-5-8-14)11-17-16(20)15-9-6-10-18(15)13(2)19/h3-5,7-8,12,15H,6,9-11H2,1-2H3,(H,17,20). The Morgan fingerprint density at radius 1 is 1.35 bits per heavy atom. The average molecular weight is 274 g/mol. The monoisotopic (exact) mass is 274 g/mol. The zero-order valence-corrected chi connectivity index (χ0v) is 12.1. The number of rotatable bonds is 4. The highest BCUT2D eigenvalue weighted by atomic mass is 16.2. The van der Waals surface area contributed by atoms with E-state index in [1.165, 1.54) is 12.5 Å². The molecule has 1 N–H and O–H groups in total. The van der Waals surface area contributed by atoms with E-state index in [0.29, 0.717) is 13.1 Å². The van der Waals surface area contributed by atoms with Crippen molar-refractivity contribution in [3.63, 3.8) is 0 Å². The molecule has 0 aromatic heterocycles. The Kier molecular flexibility index (Phi) is 4.77. The first kappa shape index (κ1) is 14.6. The van der Waals surface area contributed by atoms with Crippen LogP contribution in [0, 0.1) is 0 Å². The van der Waals surface area contributed by atoms with Crippen LogP contribution in [0.3, 0.4) is 0 Å². The van der Waals surface area contributed by atoms with E-state index in [1.54, 1.807) is 4.90 Å². The summed E-state index contributed by atoms with van der Waals surface area (Å²) >= 11 is 0. The van der Waals surface area contributed by atoms with Gasteiger partial charge in [0.15, 0.2) is 0 Å². The Labute approximate surface area is 120 Å². The van der Waals surface area contributed by atoms with E-state index < -0.39 is 0 Å². The molecule has 1 saturated heterocycles. The highest BCUT2D eigenvalue weighted by molar-refractivity contribution is 5.87. The molecule has 1 aromatic rings. The molecule has 0 spiro atoms. The fourth-order valence-electron chi connectivity index (χ4n) is 2.69. The second kappa shape index (κ2) is 6.55. The van der Waals surface area contributed by atoms with Crippen molar-refractivity contribution in [1.82, 2.24) is 10.2 Å². The van der Waals surface area contributed by atoms with E-state index in [2.05, 4.69) is 24.4 Å². The molecule has 2 unspecified atom stereocenters. The summed E-state index contributed by atoms with van der Waals surface area (Å²) in [6, 6.07) is 9.83. The number of hydrogen-bond donors (Lipinski definition) is 1. The van der Waals surface area contributed by atoms with E-state index >= 15 is 0 Å². The molecule has 0 aliphatic carbocycles. The van der Waals surface area contributed by atoms with Crippen molar-refractivity contribution >= 4 is 11.8 Å². The van der Waals surface area contributed by atoms with Gasteiger partial charge in [0.05, 0.1) is 0 Å². The van der Waals surface area contributed by atoms with Gasteiger partial charge >= 0.3 is 0 Å². The minimum atomic E-state index is -0.282. The van der Waals surface area contributed by atoms with Crippen LogP contribution in [0.15, 0.2) is 30.3 Å². The zero-order valence-electron chi connectivity index (χ0n) is 12.1. The van der Waals surface area contributed by atoms with Crippen molar-refractivity contribution in [2.75, 3.05) is 13.1 Å². The second-order valence-corrected chi connectivity index (χ2v) is 5.43. The maximum Gasteiger partial charge on any atom is 0.242 e. The predicted octanol–water partition coefficient (Wildman–Crippen LogP) is 1.92. The molecule has 0 saturated carbocycles. The Morgan fingerprint density at radius 2 is 2.05 bits per heavy atom.